The van der Waals surface area contributed by atoms with E-state index >= 15 is 0 Å². The smallest absolute Gasteiger partial charge is 0.356 e. The van der Waals surface area contributed by atoms with Gasteiger partial charge in [0.2, 0.25) is 0 Å². The van der Waals surface area contributed by atoms with Crippen molar-refractivity contribution >= 4 is 28.8 Å². The summed E-state index contributed by atoms with van der Waals surface area (Å²) in [5.74, 6) is -1.41. The van der Waals surface area contributed by atoms with Crippen molar-refractivity contribution in [3.05, 3.63) is 89.1 Å². The van der Waals surface area contributed by atoms with Crippen molar-refractivity contribution in [2.75, 3.05) is 7.11 Å². The largest absolute Gasteiger partial charge is 0.464 e. The van der Waals surface area contributed by atoms with Gasteiger partial charge in [0.1, 0.15) is 11.6 Å². The predicted molar refractivity (Wildman–Crippen MR) is 117 cm³/mol. The number of ether oxygens (including phenoxy) is 1. The molecule has 0 aliphatic carbocycles. The molecule has 156 valence electrons. The van der Waals surface area contributed by atoms with Gasteiger partial charge in [0.05, 0.1) is 18.4 Å². The Morgan fingerprint density at radius 1 is 1.00 bits per heavy atom. The number of rotatable bonds is 5. The molecule has 4 rings (SSSR count). The van der Waals surface area contributed by atoms with E-state index < -0.39 is 17.6 Å². The zero-order valence-corrected chi connectivity index (χ0v) is 17.7. The lowest BCUT2D eigenvalue weighted by Crippen LogP contribution is -2.05. The lowest BCUT2D eigenvalue weighted by molar-refractivity contribution is 0.0594. The lowest BCUT2D eigenvalue weighted by atomic mass is 10.1. The number of hydrogen-bond acceptors (Lipinski definition) is 5. The lowest BCUT2D eigenvalue weighted by Gasteiger charge is -2.11. The van der Waals surface area contributed by atoms with Crippen LogP contribution in [-0.2, 0) is 10.5 Å². The molecule has 0 N–H and O–H groups in total. The van der Waals surface area contributed by atoms with Crippen LogP contribution in [0.1, 0.15) is 21.6 Å². The highest BCUT2D eigenvalue weighted by Crippen LogP contribution is 2.32. The Labute approximate surface area is 182 Å². The van der Waals surface area contributed by atoms with Crippen molar-refractivity contribution in [2.24, 2.45) is 0 Å². The molecule has 0 saturated carbocycles. The highest BCUT2D eigenvalue weighted by atomic mass is 32.2. The maximum atomic E-state index is 14.9. The monoisotopic (exact) mass is 436 g/mol. The Hall–Kier alpha value is -3.32. The standard InChI is InChI=1S/C24H18F2N2O2S/c1-14-10-21(28-23-17(14)8-9-20(27-23)24(29)30-2)22-18(25)11-16(12-19(22)26)31-13-15-6-4-3-5-7-15/h3-12H,13H2,1-2H3. The molecule has 0 radical (unpaired) electrons. The van der Waals surface area contributed by atoms with Crippen molar-refractivity contribution in [3.63, 3.8) is 0 Å². The van der Waals surface area contributed by atoms with E-state index in [1.165, 1.54) is 37.1 Å². The van der Waals surface area contributed by atoms with Crippen LogP contribution in [0.5, 0.6) is 0 Å². The first-order chi connectivity index (χ1) is 15.0. The van der Waals surface area contributed by atoms with Crippen molar-refractivity contribution in [1.29, 1.82) is 0 Å². The quantitative estimate of drug-likeness (QED) is 0.285. The van der Waals surface area contributed by atoms with Gasteiger partial charge in [-0.3, -0.25) is 0 Å². The Bertz CT molecular complexity index is 1260. The SMILES string of the molecule is COC(=O)c1ccc2c(C)cc(-c3c(F)cc(SCc4ccccc4)cc3F)nc2n1. The number of methoxy groups -OCH3 is 1. The number of nitrogens with zero attached hydrogens (tertiary/aromatic N) is 2. The molecule has 2 heterocycles. The van der Waals surface area contributed by atoms with E-state index in [4.69, 9.17) is 0 Å². The molecular weight excluding hydrogens is 418 g/mol. The second-order valence-corrected chi connectivity index (χ2v) is 7.97. The zero-order valence-electron chi connectivity index (χ0n) is 16.9. The molecule has 0 aliphatic heterocycles. The van der Waals surface area contributed by atoms with Crippen LogP contribution < -0.4 is 0 Å². The van der Waals surface area contributed by atoms with E-state index in [1.807, 2.05) is 30.3 Å². The van der Waals surface area contributed by atoms with E-state index in [-0.39, 0.29) is 22.6 Å². The molecule has 0 bridgehead atoms. The van der Waals surface area contributed by atoms with Crippen LogP contribution in [0.4, 0.5) is 8.78 Å². The minimum absolute atomic E-state index is 0.0765. The predicted octanol–water partition coefficient (Wildman–Crippen LogP) is 5.96. The molecule has 0 fully saturated rings. The Balaban J connectivity index is 1.70. The number of fused-ring (bicyclic) bond motifs is 1. The first kappa shape index (κ1) is 20.9. The van der Waals surface area contributed by atoms with Crippen LogP contribution in [0, 0.1) is 18.6 Å². The normalized spacial score (nSPS) is 11.0. The molecule has 2 aromatic heterocycles. The molecule has 4 aromatic rings. The number of thioether (sulfide) groups is 1. The first-order valence-corrected chi connectivity index (χ1v) is 10.5. The number of pyridine rings is 2. The summed E-state index contributed by atoms with van der Waals surface area (Å²) in [6.07, 6.45) is 0. The molecule has 0 atom stereocenters. The second-order valence-electron chi connectivity index (χ2n) is 6.92. The molecule has 0 unspecified atom stereocenters. The van der Waals surface area contributed by atoms with E-state index in [9.17, 15) is 13.6 Å². The molecule has 7 heteroatoms. The molecule has 0 amide bonds. The average Bonchev–Trinajstić information content (AvgIpc) is 2.77. The summed E-state index contributed by atoms with van der Waals surface area (Å²) in [5.41, 5.74) is 2.00. The summed E-state index contributed by atoms with van der Waals surface area (Å²) in [6.45, 7) is 1.80. The highest BCUT2D eigenvalue weighted by molar-refractivity contribution is 7.98. The topological polar surface area (TPSA) is 52.1 Å². The van der Waals surface area contributed by atoms with Crippen molar-refractivity contribution in [2.45, 2.75) is 17.6 Å². The third-order valence-electron chi connectivity index (χ3n) is 4.79. The van der Waals surface area contributed by atoms with E-state index in [1.54, 1.807) is 19.1 Å². The maximum Gasteiger partial charge on any atom is 0.356 e. The zero-order chi connectivity index (χ0) is 22.0. The summed E-state index contributed by atoms with van der Waals surface area (Å²) in [6, 6.07) is 17.2. The van der Waals surface area contributed by atoms with Crippen molar-refractivity contribution in [1.82, 2.24) is 9.97 Å². The molecule has 31 heavy (non-hydrogen) atoms. The number of carbonyl (C=O) groups is 1. The van der Waals surface area contributed by atoms with E-state index in [2.05, 4.69) is 14.7 Å². The fourth-order valence-corrected chi connectivity index (χ4v) is 4.14. The van der Waals surface area contributed by atoms with E-state index in [0.717, 1.165) is 11.1 Å². The van der Waals surface area contributed by atoms with Gasteiger partial charge in [-0.25, -0.2) is 23.5 Å². The molecule has 4 nitrogen and oxygen atoms in total. The number of carbonyl (C=O) groups excluding carboxylic acids is 1. The minimum atomic E-state index is -0.703. The summed E-state index contributed by atoms with van der Waals surface area (Å²) >= 11 is 1.35. The number of halogens is 2. The third-order valence-corrected chi connectivity index (χ3v) is 5.84. The first-order valence-electron chi connectivity index (χ1n) is 9.49. The van der Waals surface area contributed by atoms with E-state index in [0.29, 0.717) is 16.0 Å². The van der Waals surface area contributed by atoms with Gasteiger partial charge in [-0.2, -0.15) is 0 Å². The van der Waals surface area contributed by atoms with Crippen LogP contribution in [-0.4, -0.2) is 23.0 Å². The molecule has 0 spiro atoms. The molecular formula is C24H18F2N2O2S. The van der Waals surface area contributed by atoms with Gasteiger partial charge in [0.25, 0.3) is 0 Å². The summed E-state index contributed by atoms with van der Waals surface area (Å²) in [7, 11) is 1.26. The second kappa shape index (κ2) is 8.81. The van der Waals surface area contributed by atoms with Gasteiger partial charge < -0.3 is 4.74 Å². The van der Waals surface area contributed by atoms with Crippen molar-refractivity contribution in [3.8, 4) is 11.3 Å². The molecule has 0 saturated heterocycles. The highest BCUT2D eigenvalue weighted by Gasteiger charge is 2.18. The number of benzene rings is 2. The van der Waals surface area contributed by atoms with Crippen LogP contribution in [0.15, 0.2) is 65.6 Å². The maximum absolute atomic E-state index is 14.9. The van der Waals surface area contributed by atoms with Crippen LogP contribution in [0.2, 0.25) is 0 Å². The third kappa shape index (κ3) is 4.41. The Kier molecular flexibility index (Phi) is 5.95. The number of hydrogen-bond donors (Lipinski definition) is 0. The summed E-state index contributed by atoms with van der Waals surface area (Å²) in [4.78, 5) is 20.8. The van der Waals surface area contributed by atoms with Gasteiger partial charge in [0, 0.05) is 16.0 Å². The van der Waals surface area contributed by atoms with Gasteiger partial charge in [-0.15, -0.1) is 11.8 Å². The van der Waals surface area contributed by atoms with Crippen LogP contribution in [0.3, 0.4) is 0 Å². The van der Waals surface area contributed by atoms with Gasteiger partial charge in [-0.05, 0) is 48.4 Å². The number of aromatic nitrogens is 2. The Morgan fingerprint density at radius 3 is 2.39 bits per heavy atom. The fourth-order valence-electron chi connectivity index (χ4n) is 3.24. The number of esters is 1. The number of aryl methyl sites for hydroxylation is 1. The van der Waals surface area contributed by atoms with Crippen LogP contribution in [0.25, 0.3) is 22.3 Å². The molecule has 2 aromatic carbocycles. The van der Waals surface area contributed by atoms with Gasteiger partial charge >= 0.3 is 5.97 Å². The van der Waals surface area contributed by atoms with Gasteiger partial charge in [0.15, 0.2) is 11.3 Å². The summed E-state index contributed by atoms with van der Waals surface area (Å²) < 4.78 is 34.5. The summed E-state index contributed by atoms with van der Waals surface area (Å²) in [5, 5.41) is 0.687. The average molecular weight is 436 g/mol. The van der Waals surface area contributed by atoms with Gasteiger partial charge in [-0.1, -0.05) is 30.3 Å². The Morgan fingerprint density at radius 2 is 1.71 bits per heavy atom. The van der Waals surface area contributed by atoms with Crippen molar-refractivity contribution < 1.29 is 18.3 Å². The molecule has 0 aliphatic rings. The minimum Gasteiger partial charge on any atom is -0.464 e. The fraction of sp³-hybridized carbons (Fsp3) is 0.125. The van der Waals surface area contributed by atoms with Crippen LogP contribution >= 0.6 is 11.8 Å².